The molecule has 0 saturated carbocycles. The molecule has 0 spiro atoms. The van der Waals surface area contributed by atoms with Crippen LogP contribution < -0.4 is 5.32 Å². The molecule has 0 radical (unpaired) electrons. The Balaban J connectivity index is 1.60. The standard InChI is InChI=1S/C25H25ClN4O4S/c1-16-22(24(32)34-12-11-33-2)23(19-8-3-4-9-20(19)26)30-18(15-35-25(30)29-16)13-21(31)28-14-17-7-5-6-10-27-17/h3-10,15,23H,11-14H2,1-2H3,(H,28,31)/t23-/m1/s1. The highest BCUT2D eigenvalue weighted by molar-refractivity contribution is 8.16. The van der Waals surface area contributed by atoms with Crippen LogP contribution in [0, 0.1) is 0 Å². The molecule has 2 aliphatic heterocycles. The van der Waals surface area contributed by atoms with Crippen LogP contribution in [-0.2, 0) is 25.6 Å². The van der Waals surface area contributed by atoms with Crippen LogP contribution in [0.15, 0.2) is 76.0 Å². The molecule has 10 heteroatoms. The Bertz CT molecular complexity index is 1200. The zero-order valence-electron chi connectivity index (χ0n) is 19.4. The molecule has 8 nitrogen and oxygen atoms in total. The normalized spacial score (nSPS) is 17.0. The van der Waals surface area contributed by atoms with Gasteiger partial charge in [-0.2, -0.15) is 0 Å². The molecule has 1 atom stereocenters. The van der Waals surface area contributed by atoms with Crippen molar-refractivity contribution >= 4 is 40.4 Å². The number of ether oxygens (including phenoxy) is 2. The lowest BCUT2D eigenvalue weighted by Crippen LogP contribution is -2.38. The minimum Gasteiger partial charge on any atom is -0.460 e. The maximum atomic E-state index is 13.2. The molecule has 1 amide bonds. The second kappa shape index (κ2) is 11.5. The lowest BCUT2D eigenvalue weighted by Gasteiger charge is -2.36. The van der Waals surface area contributed by atoms with E-state index in [4.69, 9.17) is 21.1 Å². The number of benzene rings is 1. The molecule has 1 aromatic heterocycles. The number of fused-ring (bicyclic) bond motifs is 1. The van der Waals surface area contributed by atoms with Crippen molar-refractivity contribution in [3.63, 3.8) is 0 Å². The molecule has 0 saturated heterocycles. The van der Waals surface area contributed by atoms with Gasteiger partial charge in [-0.15, -0.1) is 0 Å². The fourth-order valence-corrected chi connectivity index (χ4v) is 5.04. The minimum absolute atomic E-state index is 0.102. The summed E-state index contributed by atoms with van der Waals surface area (Å²) in [5, 5.41) is 5.97. The average Bonchev–Trinajstić information content (AvgIpc) is 3.25. The molecular formula is C25H25ClN4O4S. The summed E-state index contributed by atoms with van der Waals surface area (Å²) in [7, 11) is 1.54. The number of carbonyl (C=O) groups is 2. The largest absolute Gasteiger partial charge is 0.460 e. The van der Waals surface area contributed by atoms with E-state index in [0.717, 1.165) is 11.3 Å². The first kappa shape index (κ1) is 25.0. The number of pyridine rings is 1. The molecule has 3 heterocycles. The van der Waals surface area contributed by atoms with Crippen molar-refractivity contribution in [3.8, 4) is 0 Å². The number of carbonyl (C=O) groups excluding carboxylic acids is 2. The molecule has 182 valence electrons. The minimum atomic E-state index is -0.587. The first-order valence-corrected chi connectivity index (χ1v) is 12.3. The number of esters is 1. The van der Waals surface area contributed by atoms with Gasteiger partial charge >= 0.3 is 5.97 Å². The first-order chi connectivity index (χ1) is 17.0. The van der Waals surface area contributed by atoms with E-state index < -0.39 is 12.0 Å². The third kappa shape index (κ3) is 5.75. The summed E-state index contributed by atoms with van der Waals surface area (Å²) in [5.41, 5.74) is 3.13. The maximum absolute atomic E-state index is 13.2. The molecular weight excluding hydrogens is 488 g/mol. The zero-order chi connectivity index (χ0) is 24.8. The van der Waals surface area contributed by atoms with Crippen molar-refractivity contribution < 1.29 is 19.1 Å². The number of hydrogen-bond donors (Lipinski definition) is 1. The van der Waals surface area contributed by atoms with Crippen molar-refractivity contribution in [2.45, 2.75) is 25.9 Å². The number of aromatic nitrogens is 1. The van der Waals surface area contributed by atoms with Gasteiger partial charge in [0.1, 0.15) is 6.61 Å². The van der Waals surface area contributed by atoms with Gasteiger partial charge < -0.3 is 19.7 Å². The van der Waals surface area contributed by atoms with E-state index in [1.807, 2.05) is 46.7 Å². The van der Waals surface area contributed by atoms with E-state index in [-0.39, 0.29) is 25.5 Å². The Hall–Kier alpha value is -3.14. The number of amidine groups is 1. The van der Waals surface area contributed by atoms with Crippen LogP contribution >= 0.6 is 23.4 Å². The number of thioether (sulfide) groups is 1. The molecule has 1 aromatic carbocycles. The molecule has 2 aliphatic rings. The monoisotopic (exact) mass is 512 g/mol. The summed E-state index contributed by atoms with van der Waals surface area (Å²) >= 11 is 8.00. The van der Waals surface area contributed by atoms with E-state index in [1.165, 1.54) is 11.8 Å². The van der Waals surface area contributed by atoms with E-state index in [0.29, 0.717) is 33.7 Å². The Kier molecular flexibility index (Phi) is 8.22. The summed E-state index contributed by atoms with van der Waals surface area (Å²) in [4.78, 5) is 36.8. The van der Waals surface area contributed by atoms with E-state index >= 15 is 0 Å². The van der Waals surface area contributed by atoms with Crippen LogP contribution in [0.25, 0.3) is 0 Å². The summed E-state index contributed by atoms with van der Waals surface area (Å²) < 4.78 is 10.5. The first-order valence-electron chi connectivity index (χ1n) is 11.0. The van der Waals surface area contributed by atoms with Crippen LogP contribution in [0.2, 0.25) is 5.02 Å². The van der Waals surface area contributed by atoms with Gasteiger partial charge in [-0.25, -0.2) is 9.79 Å². The van der Waals surface area contributed by atoms with Crippen LogP contribution in [-0.4, -0.2) is 47.3 Å². The highest BCUT2D eigenvalue weighted by Gasteiger charge is 2.41. The number of nitrogens with zero attached hydrogens (tertiary/aromatic N) is 3. The molecule has 2 aromatic rings. The second-order valence-corrected chi connectivity index (χ2v) is 9.06. The summed E-state index contributed by atoms with van der Waals surface area (Å²) in [6.45, 7) is 2.50. The number of nitrogens with one attached hydrogen (secondary N) is 1. The number of methoxy groups -OCH3 is 1. The molecule has 4 rings (SSSR count). The van der Waals surface area contributed by atoms with Gasteiger partial charge in [0.2, 0.25) is 5.91 Å². The molecule has 1 N–H and O–H groups in total. The van der Waals surface area contributed by atoms with Crippen molar-refractivity contribution in [1.29, 1.82) is 0 Å². The van der Waals surface area contributed by atoms with Crippen LogP contribution in [0.5, 0.6) is 0 Å². The van der Waals surface area contributed by atoms with Crippen LogP contribution in [0.3, 0.4) is 0 Å². The lowest BCUT2D eigenvalue weighted by atomic mass is 9.93. The Morgan fingerprint density at radius 3 is 2.71 bits per heavy atom. The third-order valence-electron chi connectivity index (χ3n) is 5.48. The van der Waals surface area contributed by atoms with Crippen molar-refractivity contribution in [2.75, 3.05) is 20.3 Å². The highest BCUT2D eigenvalue weighted by atomic mass is 35.5. The lowest BCUT2D eigenvalue weighted by molar-refractivity contribution is -0.141. The van der Waals surface area contributed by atoms with Gasteiger partial charge in [-0.1, -0.05) is 47.6 Å². The molecule has 0 bridgehead atoms. The van der Waals surface area contributed by atoms with Gasteiger partial charge in [-0.05, 0) is 36.1 Å². The van der Waals surface area contributed by atoms with Crippen molar-refractivity contribution in [3.05, 3.63) is 87.3 Å². The van der Waals surface area contributed by atoms with Gasteiger partial charge in [-0.3, -0.25) is 9.78 Å². The smallest absolute Gasteiger partial charge is 0.338 e. The number of allylic oxidation sites excluding steroid dienone is 1. The summed E-state index contributed by atoms with van der Waals surface area (Å²) in [6, 6.07) is 12.3. The number of amides is 1. The predicted molar refractivity (Wildman–Crippen MR) is 135 cm³/mol. The Labute approximate surface area is 213 Å². The van der Waals surface area contributed by atoms with E-state index in [1.54, 1.807) is 26.3 Å². The van der Waals surface area contributed by atoms with Crippen molar-refractivity contribution in [1.82, 2.24) is 15.2 Å². The van der Waals surface area contributed by atoms with E-state index in [2.05, 4.69) is 15.3 Å². The summed E-state index contributed by atoms with van der Waals surface area (Å²) in [5.74, 6) is -0.666. The number of halogens is 1. The van der Waals surface area contributed by atoms with Gasteiger partial charge in [0, 0.05) is 24.0 Å². The average molecular weight is 513 g/mol. The molecule has 0 aliphatic carbocycles. The number of hydrogen-bond acceptors (Lipinski definition) is 8. The zero-order valence-corrected chi connectivity index (χ0v) is 20.9. The maximum Gasteiger partial charge on any atom is 0.338 e. The predicted octanol–water partition coefficient (Wildman–Crippen LogP) is 4.21. The number of rotatable bonds is 9. The van der Waals surface area contributed by atoms with Gasteiger partial charge in [0.05, 0.1) is 42.6 Å². The fourth-order valence-electron chi connectivity index (χ4n) is 3.84. The second-order valence-electron chi connectivity index (χ2n) is 7.82. The molecule has 35 heavy (non-hydrogen) atoms. The Morgan fingerprint density at radius 1 is 1.17 bits per heavy atom. The van der Waals surface area contributed by atoms with Crippen LogP contribution in [0.1, 0.15) is 30.6 Å². The van der Waals surface area contributed by atoms with Gasteiger partial charge in [0.15, 0.2) is 5.17 Å². The summed E-state index contributed by atoms with van der Waals surface area (Å²) in [6.07, 6.45) is 1.79. The molecule has 0 fully saturated rings. The van der Waals surface area contributed by atoms with E-state index in [9.17, 15) is 9.59 Å². The highest BCUT2D eigenvalue weighted by Crippen LogP contribution is 2.46. The van der Waals surface area contributed by atoms with Crippen LogP contribution in [0.4, 0.5) is 0 Å². The third-order valence-corrected chi connectivity index (χ3v) is 6.71. The quantitative estimate of drug-likeness (QED) is 0.397. The van der Waals surface area contributed by atoms with Crippen molar-refractivity contribution in [2.24, 2.45) is 4.99 Å². The SMILES string of the molecule is COCCOC(=O)C1=C(C)N=C2SC=C(CC(=O)NCc3ccccn3)N2[C@@H]1c1ccccc1Cl. The Morgan fingerprint density at radius 2 is 1.97 bits per heavy atom. The number of aliphatic imine (C=N–C) groups is 1. The van der Waals surface area contributed by atoms with Gasteiger partial charge in [0.25, 0.3) is 0 Å². The molecule has 0 unspecified atom stereocenters. The topological polar surface area (TPSA) is 93.1 Å². The fraction of sp³-hybridized carbons (Fsp3) is 0.280.